The summed E-state index contributed by atoms with van der Waals surface area (Å²) in [5.41, 5.74) is 2.53. The van der Waals surface area contributed by atoms with Gasteiger partial charge in [0, 0.05) is 23.1 Å². The van der Waals surface area contributed by atoms with Crippen LogP contribution in [0.4, 0.5) is 0 Å². The van der Waals surface area contributed by atoms with Gasteiger partial charge in [-0.3, -0.25) is 9.20 Å². The number of carbonyl (C=O) groups is 2. The molecule has 7 nitrogen and oxygen atoms in total. The van der Waals surface area contributed by atoms with Crippen LogP contribution in [-0.4, -0.2) is 27.4 Å². The number of esters is 2. The van der Waals surface area contributed by atoms with Crippen LogP contribution < -0.4 is 5.56 Å². The Kier molecular flexibility index (Phi) is 4.43. The molecule has 2 aliphatic rings. The highest BCUT2D eigenvalue weighted by Crippen LogP contribution is 2.28. The van der Waals surface area contributed by atoms with Crippen LogP contribution in [0.5, 0.6) is 0 Å². The fraction of sp³-hybridized carbons (Fsp3) is 0.333. The standard InChI is InChI=1S/C21H18N2O5S/c24-18-10-13(22-21-23(18)15-7-3-4-8-17(15)29-21)11-27-20(26)16-9-12-5-1-2-6-14(12)19(25)28-16/h1-2,5-6,10,16H,3-4,7-9,11H2. The lowest BCUT2D eigenvalue weighted by Gasteiger charge is -2.23. The Labute approximate surface area is 169 Å². The summed E-state index contributed by atoms with van der Waals surface area (Å²) >= 11 is 1.52. The highest BCUT2D eigenvalue weighted by molar-refractivity contribution is 7.17. The van der Waals surface area contributed by atoms with E-state index >= 15 is 0 Å². The second-order valence-corrected chi connectivity index (χ2v) is 8.31. The summed E-state index contributed by atoms with van der Waals surface area (Å²) in [5.74, 6) is -1.17. The van der Waals surface area contributed by atoms with Gasteiger partial charge in [0.05, 0.1) is 11.3 Å². The molecule has 3 aromatic rings. The molecule has 0 amide bonds. The lowest BCUT2D eigenvalue weighted by atomic mass is 9.99. The number of benzene rings is 1. The Hall–Kier alpha value is -3.00. The Morgan fingerprint density at radius 3 is 2.97 bits per heavy atom. The van der Waals surface area contributed by atoms with E-state index in [2.05, 4.69) is 4.98 Å². The van der Waals surface area contributed by atoms with Gasteiger partial charge in [-0.1, -0.05) is 18.2 Å². The van der Waals surface area contributed by atoms with E-state index in [1.165, 1.54) is 22.3 Å². The van der Waals surface area contributed by atoms with Crippen LogP contribution >= 0.6 is 11.3 Å². The van der Waals surface area contributed by atoms with Gasteiger partial charge in [-0.15, -0.1) is 11.3 Å². The molecule has 0 saturated heterocycles. The molecule has 3 heterocycles. The van der Waals surface area contributed by atoms with Gasteiger partial charge in [0.15, 0.2) is 4.96 Å². The lowest BCUT2D eigenvalue weighted by molar-refractivity contribution is -0.155. The first-order valence-corrected chi connectivity index (χ1v) is 10.4. The molecular formula is C21H18N2O5S. The van der Waals surface area contributed by atoms with Crippen molar-refractivity contribution in [3.63, 3.8) is 0 Å². The highest BCUT2D eigenvalue weighted by Gasteiger charge is 2.32. The lowest BCUT2D eigenvalue weighted by Crippen LogP contribution is -2.35. The molecule has 1 aromatic carbocycles. The molecule has 0 radical (unpaired) electrons. The second-order valence-electron chi connectivity index (χ2n) is 7.25. The number of hydrogen-bond acceptors (Lipinski definition) is 7. The number of rotatable bonds is 3. The van der Waals surface area contributed by atoms with Crippen LogP contribution in [0.1, 0.15) is 45.0 Å². The van der Waals surface area contributed by atoms with E-state index in [9.17, 15) is 14.4 Å². The molecule has 0 N–H and O–H groups in total. The van der Waals surface area contributed by atoms with Crippen molar-refractivity contribution in [3.8, 4) is 0 Å². The molecule has 0 saturated carbocycles. The summed E-state index contributed by atoms with van der Waals surface area (Å²) < 4.78 is 12.2. The number of thiazole rings is 1. The first-order chi connectivity index (χ1) is 14.1. The van der Waals surface area contributed by atoms with Crippen LogP contribution in [0.2, 0.25) is 0 Å². The predicted molar refractivity (Wildman–Crippen MR) is 105 cm³/mol. The summed E-state index contributed by atoms with van der Waals surface area (Å²) in [5, 5.41) is 0. The number of aryl methyl sites for hydroxylation is 2. The molecule has 1 aliphatic heterocycles. The van der Waals surface area contributed by atoms with Gasteiger partial charge in [-0.2, -0.15) is 0 Å². The van der Waals surface area contributed by atoms with E-state index in [1.807, 2.05) is 6.07 Å². The average Bonchev–Trinajstić information content (AvgIpc) is 3.11. The number of nitrogens with zero attached hydrogens (tertiary/aromatic N) is 2. The normalized spacial score (nSPS) is 18.1. The molecule has 29 heavy (non-hydrogen) atoms. The Morgan fingerprint density at radius 2 is 2.07 bits per heavy atom. The highest BCUT2D eigenvalue weighted by atomic mass is 32.1. The maximum atomic E-state index is 12.6. The van der Waals surface area contributed by atoms with Crippen LogP contribution in [-0.2, 0) is 40.1 Å². The minimum Gasteiger partial charge on any atom is -0.456 e. The van der Waals surface area contributed by atoms with Gasteiger partial charge >= 0.3 is 11.9 Å². The van der Waals surface area contributed by atoms with Gasteiger partial charge in [0.1, 0.15) is 6.61 Å². The third-order valence-corrected chi connectivity index (χ3v) is 6.47. The number of carbonyl (C=O) groups excluding carboxylic acids is 2. The van der Waals surface area contributed by atoms with E-state index in [4.69, 9.17) is 9.47 Å². The number of hydrogen-bond donors (Lipinski definition) is 0. The zero-order valence-corrected chi connectivity index (χ0v) is 16.4. The van der Waals surface area contributed by atoms with Crippen molar-refractivity contribution in [1.82, 2.24) is 9.38 Å². The number of fused-ring (bicyclic) bond motifs is 4. The smallest absolute Gasteiger partial charge is 0.348 e. The van der Waals surface area contributed by atoms with E-state index < -0.39 is 18.0 Å². The van der Waals surface area contributed by atoms with Crippen molar-refractivity contribution in [3.05, 3.63) is 68.1 Å². The maximum absolute atomic E-state index is 12.6. The van der Waals surface area contributed by atoms with Gasteiger partial charge in [0.2, 0.25) is 6.10 Å². The number of aromatic nitrogens is 2. The third kappa shape index (κ3) is 3.23. The molecule has 148 valence electrons. The first-order valence-electron chi connectivity index (χ1n) is 9.59. The Balaban J connectivity index is 1.33. The van der Waals surface area contributed by atoms with Gasteiger partial charge in [0.25, 0.3) is 5.56 Å². The molecule has 1 atom stereocenters. The molecule has 0 spiro atoms. The van der Waals surface area contributed by atoms with Crippen molar-refractivity contribution >= 4 is 28.2 Å². The van der Waals surface area contributed by atoms with Crippen molar-refractivity contribution in [2.24, 2.45) is 0 Å². The van der Waals surface area contributed by atoms with Crippen molar-refractivity contribution in [2.75, 3.05) is 0 Å². The largest absolute Gasteiger partial charge is 0.456 e. The predicted octanol–water partition coefficient (Wildman–Crippen LogP) is 2.46. The number of cyclic esters (lactones) is 1. The van der Waals surface area contributed by atoms with Crippen molar-refractivity contribution < 1.29 is 19.1 Å². The summed E-state index contributed by atoms with van der Waals surface area (Å²) in [4.78, 5) is 43.4. The first kappa shape index (κ1) is 18.1. The minimum atomic E-state index is -0.990. The Morgan fingerprint density at radius 1 is 1.24 bits per heavy atom. The fourth-order valence-electron chi connectivity index (χ4n) is 3.92. The second kappa shape index (κ2) is 7.11. The molecule has 0 bridgehead atoms. The van der Waals surface area contributed by atoms with Crippen LogP contribution in [0.25, 0.3) is 4.96 Å². The van der Waals surface area contributed by atoms with Gasteiger partial charge in [-0.25, -0.2) is 14.6 Å². The minimum absolute atomic E-state index is 0.136. The van der Waals surface area contributed by atoms with Crippen LogP contribution in [0, 0.1) is 0 Å². The maximum Gasteiger partial charge on any atom is 0.348 e. The topological polar surface area (TPSA) is 87.0 Å². The van der Waals surface area contributed by atoms with E-state index in [-0.39, 0.29) is 18.6 Å². The summed E-state index contributed by atoms with van der Waals surface area (Å²) in [7, 11) is 0. The summed E-state index contributed by atoms with van der Waals surface area (Å²) in [6.45, 7) is -0.136. The van der Waals surface area contributed by atoms with E-state index in [0.29, 0.717) is 16.2 Å². The van der Waals surface area contributed by atoms with Crippen molar-refractivity contribution in [1.29, 1.82) is 0 Å². The summed E-state index contributed by atoms with van der Waals surface area (Å²) in [6, 6.07) is 8.44. The van der Waals surface area contributed by atoms with Crippen LogP contribution in [0.3, 0.4) is 0 Å². The van der Waals surface area contributed by atoms with Crippen molar-refractivity contribution in [2.45, 2.75) is 44.8 Å². The monoisotopic (exact) mass is 410 g/mol. The van der Waals surface area contributed by atoms with Crippen LogP contribution in [0.15, 0.2) is 35.1 Å². The molecule has 2 aromatic heterocycles. The molecule has 5 rings (SSSR count). The molecule has 1 unspecified atom stereocenters. The molecule has 8 heteroatoms. The zero-order valence-electron chi connectivity index (χ0n) is 15.6. The molecule has 0 fully saturated rings. The fourth-order valence-corrected chi connectivity index (χ4v) is 5.15. The van der Waals surface area contributed by atoms with Gasteiger partial charge < -0.3 is 9.47 Å². The SMILES string of the molecule is O=C1OC(C(=O)OCc2cc(=O)n3c4c(sc3n2)CCCC4)Cc2ccccc21. The van der Waals surface area contributed by atoms with Gasteiger partial charge in [-0.05, 0) is 37.3 Å². The average molecular weight is 410 g/mol. The Bertz CT molecular complexity index is 1200. The van der Waals surface area contributed by atoms with E-state index in [1.54, 1.807) is 22.6 Å². The molecular weight excluding hydrogens is 392 g/mol. The summed E-state index contributed by atoms with van der Waals surface area (Å²) in [6.07, 6.45) is 3.35. The molecule has 1 aliphatic carbocycles. The third-order valence-electron chi connectivity index (χ3n) is 5.33. The van der Waals surface area contributed by atoms with E-state index in [0.717, 1.165) is 36.9 Å². The quantitative estimate of drug-likeness (QED) is 0.617. The number of ether oxygens (including phenoxy) is 2. The zero-order chi connectivity index (χ0) is 20.0.